The third-order valence-electron chi connectivity index (χ3n) is 2.16. The first kappa shape index (κ1) is 14.2. The minimum Gasteiger partial charge on any atom is -0.352 e. The van der Waals surface area contributed by atoms with E-state index in [1.54, 1.807) is 44.2 Å². The zero-order valence-corrected chi connectivity index (χ0v) is 10.9. The van der Waals surface area contributed by atoms with Crippen molar-refractivity contribution in [3.63, 3.8) is 0 Å². The lowest BCUT2D eigenvalue weighted by atomic mass is 10.4. The first-order chi connectivity index (χ1) is 8.10. The second-order valence-electron chi connectivity index (χ2n) is 3.43. The molecule has 0 aliphatic heterocycles. The maximum absolute atomic E-state index is 12.0. The molecule has 0 N–H and O–H groups in total. The molecule has 0 aliphatic carbocycles. The van der Waals surface area contributed by atoms with Gasteiger partial charge in [-0.25, -0.2) is 8.42 Å². The highest BCUT2D eigenvalue weighted by Gasteiger charge is 2.21. The van der Waals surface area contributed by atoms with Crippen LogP contribution in [0.15, 0.2) is 35.2 Å². The van der Waals surface area contributed by atoms with E-state index in [9.17, 15) is 8.42 Å². The molecule has 0 bridgehead atoms. The van der Waals surface area contributed by atoms with Gasteiger partial charge in [0.2, 0.25) is 0 Å². The van der Waals surface area contributed by atoms with Gasteiger partial charge in [-0.15, -0.1) is 0 Å². The van der Waals surface area contributed by atoms with Gasteiger partial charge in [-0.3, -0.25) is 0 Å². The van der Waals surface area contributed by atoms with Crippen LogP contribution in [0.3, 0.4) is 0 Å². The molecule has 1 rings (SSSR count). The molecule has 0 radical (unpaired) electrons. The lowest BCUT2D eigenvalue weighted by Crippen LogP contribution is -2.27. The largest absolute Gasteiger partial charge is 0.352 e. The molecular formula is C12H18O4S. The third-order valence-corrected chi connectivity index (χ3v) is 3.86. The van der Waals surface area contributed by atoms with Gasteiger partial charge in [0.05, 0.1) is 4.90 Å². The van der Waals surface area contributed by atoms with Gasteiger partial charge in [-0.05, 0) is 26.0 Å². The van der Waals surface area contributed by atoms with Crippen molar-refractivity contribution in [2.24, 2.45) is 0 Å². The molecule has 0 saturated carbocycles. The van der Waals surface area contributed by atoms with Crippen molar-refractivity contribution in [3.8, 4) is 0 Å². The van der Waals surface area contributed by atoms with E-state index in [0.717, 1.165) is 0 Å². The van der Waals surface area contributed by atoms with Crippen molar-refractivity contribution in [1.29, 1.82) is 0 Å². The number of rotatable bonds is 7. The van der Waals surface area contributed by atoms with Crippen LogP contribution in [0.5, 0.6) is 0 Å². The Kier molecular flexibility index (Phi) is 5.61. The van der Waals surface area contributed by atoms with E-state index >= 15 is 0 Å². The predicted octanol–water partition coefficient (Wildman–Crippen LogP) is 1.86. The Labute approximate surface area is 102 Å². The SMILES string of the molecule is CCOC(CS(=O)(=O)c1ccccc1)OCC. The molecule has 5 heteroatoms. The van der Waals surface area contributed by atoms with Gasteiger partial charge >= 0.3 is 0 Å². The number of hydrogen-bond acceptors (Lipinski definition) is 4. The molecule has 4 nitrogen and oxygen atoms in total. The summed E-state index contributed by atoms with van der Waals surface area (Å²) in [4.78, 5) is 0.296. The molecule has 0 saturated heterocycles. The fraction of sp³-hybridized carbons (Fsp3) is 0.500. The Morgan fingerprint density at radius 1 is 1.06 bits per heavy atom. The topological polar surface area (TPSA) is 52.6 Å². The van der Waals surface area contributed by atoms with E-state index in [1.165, 1.54) is 0 Å². The summed E-state index contributed by atoms with van der Waals surface area (Å²) in [5.74, 6) is -0.154. The van der Waals surface area contributed by atoms with Crippen LogP contribution in [-0.4, -0.2) is 33.7 Å². The summed E-state index contributed by atoms with van der Waals surface area (Å²) in [5, 5.41) is 0. The van der Waals surface area contributed by atoms with Crippen molar-refractivity contribution in [1.82, 2.24) is 0 Å². The van der Waals surface area contributed by atoms with E-state index in [4.69, 9.17) is 9.47 Å². The summed E-state index contributed by atoms with van der Waals surface area (Å²) in [6.45, 7) is 4.46. The van der Waals surface area contributed by atoms with Crippen LogP contribution in [0.25, 0.3) is 0 Å². The highest BCUT2D eigenvalue weighted by molar-refractivity contribution is 7.91. The molecule has 1 aromatic rings. The van der Waals surface area contributed by atoms with Crippen molar-refractivity contribution < 1.29 is 17.9 Å². The second kappa shape index (κ2) is 6.74. The van der Waals surface area contributed by atoms with E-state index < -0.39 is 16.1 Å². The van der Waals surface area contributed by atoms with E-state index in [1.807, 2.05) is 0 Å². The Bertz CT molecular complexity index is 407. The molecule has 96 valence electrons. The number of ether oxygens (including phenoxy) is 2. The van der Waals surface area contributed by atoms with Crippen LogP contribution >= 0.6 is 0 Å². The summed E-state index contributed by atoms with van der Waals surface area (Å²) in [5.41, 5.74) is 0. The molecular weight excluding hydrogens is 240 g/mol. The third kappa shape index (κ3) is 4.46. The van der Waals surface area contributed by atoms with Gasteiger partial charge in [0.25, 0.3) is 0 Å². The second-order valence-corrected chi connectivity index (χ2v) is 5.47. The van der Waals surface area contributed by atoms with Crippen molar-refractivity contribution >= 4 is 9.84 Å². The van der Waals surface area contributed by atoms with Crippen LogP contribution in [0.1, 0.15) is 13.8 Å². The van der Waals surface area contributed by atoms with Crippen molar-refractivity contribution in [3.05, 3.63) is 30.3 Å². The molecule has 0 unspecified atom stereocenters. The molecule has 0 aliphatic rings. The van der Waals surface area contributed by atoms with Crippen LogP contribution < -0.4 is 0 Å². The molecule has 17 heavy (non-hydrogen) atoms. The average Bonchev–Trinajstić information content (AvgIpc) is 2.30. The highest BCUT2D eigenvalue weighted by atomic mass is 32.2. The summed E-state index contributed by atoms with van der Waals surface area (Å²) >= 11 is 0. The predicted molar refractivity (Wildman–Crippen MR) is 65.5 cm³/mol. The van der Waals surface area contributed by atoms with Crippen LogP contribution in [0.4, 0.5) is 0 Å². The molecule has 0 atom stereocenters. The zero-order valence-electron chi connectivity index (χ0n) is 10.1. The van der Waals surface area contributed by atoms with E-state index in [-0.39, 0.29) is 5.75 Å². The van der Waals surface area contributed by atoms with Crippen LogP contribution in [0.2, 0.25) is 0 Å². The maximum Gasteiger partial charge on any atom is 0.183 e. The maximum atomic E-state index is 12.0. The van der Waals surface area contributed by atoms with E-state index in [0.29, 0.717) is 18.1 Å². The van der Waals surface area contributed by atoms with Crippen molar-refractivity contribution in [2.75, 3.05) is 19.0 Å². The van der Waals surface area contributed by atoms with Gasteiger partial charge in [0.15, 0.2) is 16.1 Å². The normalized spacial score (nSPS) is 11.9. The smallest absolute Gasteiger partial charge is 0.183 e. The fourth-order valence-electron chi connectivity index (χ4n) is 1.42. The Morgan fingerprint density at radius 3 is 2.06 bits per heavy atom. The monoisotopic (exact) mass is 258 g/mol. The summed E-state index contributed by atoms with van der Waals surface area (Å²) < 4.78 is 34.5. The van der Waals surface area contributed by atoms with Crippen LogP contribution in [-0.2, 0) is 19.3 Å². The van der Waals surface area contributed by atoms with Gasteiger partial charge in [0, 0.05) is 13.2 Å². The lowest BCUT2D eigenvalue weighted by molar-refractivity contribution is -0.120. The van der Waals surface area contributed by atoms with Crippen LogP contribution in [0, 0.1) is 0 Å². The fourth-order valence-corrected chi connectivity index (χ4v) is 2.73. The molecule has 0 fully saturated rings. The quantitative estimate of drug-likeness (QED) is 0.700. The molecule has 0 amide bonds. The zero-order chi connectivity index (χ0) is 12.7. The highest BCUT2D eigenvalue weighted by Crippen LogP contribution is 2.13. The number of benzene rings is 1. The first-order valence-corrected chi connectivity index (χ1v) is 7.26. The Hall–Kier alpha value is -0.910. The van der Waals surface area contributed by atoms with Gasteiger partial charge in [-0.1, -0.05) is 18.2 Å². The Morgan fingerprint density at radius 2 is 1.59 bits per heavy atom. The van der Waals surface area contributed by atoms with Crippen molar-refractivity contribution in [2.45, 2.75) is 25.0 Å². The lowest BCUT2D eigenvalue weighted by Gasteiger charge is -2.16. The standard InChI is InChI=1S/C12H18O4S/c1-3-15-12(16-4-2)10-17(13,14)11-8-6-5-7-9-11/h5-9,12H,3-4,10H2,1-2H3. The van der Waals surface area contributed by atoms with Gasteiger partial charge < -0.3 is 9.47 Å². The summed E-state index contributed by atoms with van der Waals surface area (Å²) in [6.07, 6.45) is -0.699. The number of hydrogen-bond donors (Lipinski definition) is 0. The molecule has 0 spiro atoms. The average molecular weight is 258 g/mol. The minimum atomic E-state index is -3.35. The molecule has 0 aromatic heterocycles. The first-order valence-electron chi connectivity index (χ1n) is 5.61. The summed E-state index contributed by atoms with van der Waals surface area (Å²) in [6, 6.07) is 8.32. The molecule has 0 heterocycles. The van der Waals surface area contributed by atoms with E-state index in [2.05, 4.69) is 0 Å². The summed E-state index contributed by atoms with van der Waals surface area (Å²) in [7, 11) is -3.35. The Balaban J connectivity index is 2.77. The number of sulfone groups is 1. The van der Waals surface area contributed by atoms with Gasteiger partial charge in [-0.2, -0.15) is 0 Å². The minimum absolute atomic E-state index is 0.154. The molecule has 1 aromatic carbocycles. The van der Waals surface area contributed by atoms with Gasteiger partial charge in [0.1, 0.15) is 5.75 Å².